The van der Waals surface area contributed by atoms with Crippen molar-refractivity contribution in [2.24, 2.45) is 5.92 Å². The van der Waals surface area contributed by atoms with E-state index in [2.05, 4.69) is 0 Å². The van der Waals surface area contributed by atoms with Crippen molar-refractivity contribution in [3.63, 3.8) is 0 Å². The summed E-state index contributed by atoms with van der Waals surface area (Å²) in [5, 5.41) is 10.0. The molecule has 116 valence electrons. The van der Waals surface area contributed by atoms with Crippen LogP contribution in [0.25, 0.3) is 0 Å². The van der Waals surface area contributed by atoms with Crippen molar-refractivity contribution >= 4 is 5.97 Å². The number of rotatable bonds is 2. The average molecular weight is 286 g/mol. The first-order chi connectivity index (χ1) is 9.07. The Bertz CT molecular complexity index is 371. The lowest BCUT2D eigenvalue weighted by molar-refractivity contribution is -0.162. The van der Waals surface area contributed by atoms with Gasteiger partial charge in [0.1, 0.15) is 11.7 Å². The Morgan fingerprint density at radius 2 is 1.85 bits per heavy atom. The van der Waals surface area contributed by atoms with E-state index in [0.29, 0.717) is 12.8 Å². The normalized spacial score (nSPS) is 36.5. The number of carbonyl (C=O) groups is 1. The lowest BCUT2D eigenvalue weighted by Crippen LogP contribution is -2.45. The van der Waals surface area contributed by atoms with Crippen molar-refractivity contribution in [2.45, 2.75) is 83.6 Å². The van der Waals surface area contributed by atoms with Gasteiger partial charge in [0.05, 0.1) is 18.6 Å². The minimum Gasteiger partial charge on any atom is -0.460 e. The highest BCUT2D eigenvalue weighted by Crippen LogP contribution is 2.41. The largest absolute Gasteiger partial charge is 0.460 e. The van der Waals surface area contributed by atoms with Crippen molar-refractivity contribution in [1.82, 2.24) is 0 Å². The standard InChI is InChI=1S/C15H26O5/c1-14(2,3)18-11(17)8-9-6-7-10(16)13-12(9)19-15(4,5)20-13/h9-10,12-13,16H,6-8H2,1-5H3/t9-,10+,12-,13+/m0/s1. The highest BCUT2D eigenvalue weighted by Gasteiger charge is 2.51. The molecule has 0 radical (unpaired) electrons. The lowest BCUT2D eigenvalue weighted by Gasteiger charge is -2.34. The SMILES string of the molecule is CC(C)(C)OC(=O)C[C@@H]1CC[C@@H](O)[C@H]2OC(C)(C)O[C@@H]12. The second kappa shape index (κ2) is 5.28. The van der Waals surface area contributed by atoms with E-state index in [1.54, 1.807) is 0 Å². The fourth-order valence-electron chi connectivity index (χ4n) is 3.01. The fraction of sp³-hybridized carbons (Fsp3) is 0.933. The molecule has 0 aromatic heterocycles. The minimum absolute atomic E-state index is 0.0417. The summed E-state index contributed by atoms with van der Waals surface area (Å²) in [5.41, 5.74) is -0.475. The van der Waals surface area contributed by atoms with Crippen molar-refractivity contribution in [3.8, 4) is 0 Å². The molecule has 5 heteroatoms. The van der Waals surface area contributed by atoms with Gasteiger partial charge < -0.3 is 19.3 Å². The minimum atomic E-state index is -0.702. The van der Waals surface area contributed by atoms with Gasteiger partial charge in [-0.25, -0.2) is 0 Å². The Labute approximate surface area is 120 Å². The van der Waals surface area contributed by atoms with Crippen molar-refractivity contribution < 1.29 is 24.1 Å². The van der Waals surface area contributed by atoms with Crippen LogP contribution < -0.4 is 0 Å². The molecule has 1 aliphatic carbocycles. The van der Waals surface area contributed by atoms with E-state index < -0.39 is 17.5 Å². The number of aliphatic hydroxyl groups is 1. The van der Waals surface area contributed by atoms with Gasteiger partial charge in [-0.2, -0.15) is 0 Å². The van der Waals surface area contributed by atoms with Crippen LogP contribution in [0.15, 0.2) is 0 Å². The second-order valence-electron chi connectivity index (χ2n) is 7.26. The molecule has 0 aromatic rings. The van der Waals surface area contributed by atoms with Crippen LogP contribution in [0.2, 0.25) is 0 Å². The van der Waals surface area contributed by atoms with Gasteiger partial charge in [-0.15, -0.1) is 0 Å². The summed E-state index contributed by atoms with van der Waals surface area (Å²) in [4.78, 5) is 12.0. The van der Waals surface area contributed by atoms with Crippen LogP contribution in [0.1, 0.15) is 53.9 Å². The molecule has 0 bridgehead atoms. The van der Waals surface area contributed by atoms with Crippen LogP contribution in [-0.4, -0.2) is 40.8 Å². The number of esters is 1. The Kier molecular flexibility index (Phi) is 4.15. The number of fused-ring (bicyclic) bond motifs is 1. The number of hydrogen-bond donors (Lipinski definition) is 1. The molecule has 0 unspecified atom stereocenters. The molecular formula is C15H26O5. The maximum Gasteiger partial charge on any atom is 0.306 e. The molecule has 2 rings (SSSR count). The molecule has 4 atom stereocenters. The Morgan fingerprint density at radius 1 is 1.25 bits per heavy atom. The summed E-state index contributed by atoms with van der Waals surface area (Å²) < 4.78 is 17.0. The molecule has 0 amide bonds. The number of ether oxygens (including phenoxy) is 3. The molecule has 2 aliphatic rings. The zero-order valence-electron chi connectivity index (χ0n) is 13.0. The Morgan fingerprint density at radius 3 is 2.45 bits per heavy atom. The fourth-order valence-corrected chi connectivity index (χ4v) is 3.01. The molecule has 1 heterocycles. The average Bonchev–Trinajstić information content (AvgIpc) is 2.56. The summed E-state index contributed by atoms with van der Waals surface area (Å²) >= 11 is 0. The topological polar surface area (TPSA) is 65.0 Å². The van der Waals surface area contributed by atoms with Crippen LogP contribution in [0, 0.1) is 5.92 Å². The molecule has 2 fully saturated rings. The monoisotopic (exact) mass is 286 g/mol. The molecular weight excluding hydrogens is 260 g/mol. The van der Waals surface area contributed by atoms with E-state index in [4.69, 9.17) is 14.2 Å². The summed E-state index contributed by atoms with van der Waals surface area (Å²) in [6, 6.07) is 0. The van der Waals surface area contributed by atoms with Crippen molar-refractivity contribution in [2.75, 3.05) is 0 Å². The van der Waals surface area contributed by atoms with Crippen LogP contribution in [0.5, 0.6) is 0 Å². The maximum absolute atomic E-state index is 12.0. The van der Waals surface area contributed by atoms with Crippen LogP contribution >= 0.6 is 0 Å². The van der Waals surface area contributed by atoms with Crippen molar-refractivity contribution in [3.05, 3.63) is 0 Å². The van der Waals surface area contributed by atoms with Gasteiger partial charge in [0.25, 0.3) is 0 Å². The third kappa shape index (κ3) is 3.71. The quantitative estimate of drug-likeness (QED) is 0.787. The summed E-state index contributed by atoms with van der Waals surface area (Å²) in [7, 11) is 0. The zero-order valence-corrected chi connectivity index (χ0v) is 13.0. The molecule has 1 aliphatic heterocycles. The maximum atomic E-state index is 12.0. The van der Waals surface area contributed by atoms with E-state index in [1.807, 2.05) is 34.6 Å². The third-order valence-corrected chi connectivity index (χ3v) is 3.69. The predicted molar refractivity (Wildman–Crippen MR) is 73.0 cm³/mol. The van der Waals surface area contributed by atoms with E-state index in [9.17, 15) is 9.90 Å². The highest BCUT2D eigenvalue weighted by molar-refractivity contribution is 5.70. The first kappa shape index (κ1) is 15.7. The lowest BCUT2D eigenvalue weighted by atomic mass is 9.81. The van der Waals surface area contributed by atoms with Gasteiger partial charge in [-0.3, -0.25) is 4.79 Å². The van der Waals surface area contributed by atoms with Crippen LogP contribution in [0.3, 0.4) is 0 Å². The summed E-state index contributed by atoms with van der Waals surface area (Å²) in [5.74, 6) is -0.877. The molecule has 1 saturated carbocycles. The van der Waals surface area contributed by atoms with Gasteiger partial charge in [0.15, 0.2) is 5.79 Å². The Hall–Kier alpha value is -0.650. The van der Waals surface area contributed by atoms with E-state index in [-0.39, 0.29) is 24.1 Å². The molecule has 1 saturated heterocycles. The number of hydrogen-bond acceptors (Lipinski definition) is 5. The van der Waals surface area contributed by atoms with Gasteiger partial charge in [0, 0.05) is 0 Å². The smallest absolute Gasteiger partial charge is 0.306 e. The molecule has 1 N–H and O–H groups in total. The van der Waals surface area contributed by atoms with Crippen molar-refractivity contribution in [1.29, 1.82) is 0 Å². The molecule has 0 aromatic carbocycles. The van der Waals surface area contributed by atoms with E-state index >= 15 is 0 Å². The van der Waals surface area contributed by atoms with Gasteiger partial charge in [0.2, 0.25) is 0 Å². The van der Waals surface area contributed by atoms with Crippen LogP contribution in [0.4, 0.5) is 0 Å². The van der Waals surface area contributed by atoms with Gasteiger partial charge in [-0.05, 0) is 53.4 Å². The van der Waals surface area contributed by atoms with E-state index in [0.717, 1.165) is 6.42 Å². The molecule has 0 spiro atoms. The van der Waals surface area contributed by atoms with Gasteiger partial charge >= 0.3 is 5.97 Å². The molecule has 5 nitrogen and oxygen atoms in total. The van der Waals surface area contributed by atoms with Gasteiger partial charge in [-0.1, -0.05) is 0 Å². The van der Waals surface area contributed by atoms with Crippen LogP contribution in [-0.2, 0) is 19.0 Å². The second-order valence-corrected chi connectivity index (χ2v) is 7.26. The highest BCUT2D eigenvalue weighted by atomic mass is 16.8. The van der Waals surface area contributed by atoms with E-state index in [1.165, 1.54) is 0 Å². The Balaban J connectivity index is 2.00. The number of carbonyl (C=O) groups excluding carboxylic acids is 1. The predicted octanol–water partition coefficient (Wildman–Crippen LogP) is 2.01. The number of aliphatic hydroxyl groups excluding tert-OH is 1. The first-order valence-corrected chi connectivity index (χ1v) is 7.33. The first-order valence-electron chi connectivity index (χ1n) is 7.33. The third-order valence-electron chi connectivity index (χ3n) is 3.69. The molecule has 20 heavy (non-hydrogen) atoms. The summed E-state index contributed by atoms with van der Waals surface area (Å²) in [6.07, 6.45) is 0.601. The summed E-state index contributed by atoms with van der Waals surface area (Å²) in [6.45, 7) is 9.25. The zero-order chi connectivity index (χ0) is 15.1.